The molecule has 0 spiro atoms. The molecule has 0 unspecified atom stereocenters. The summed E-state index contributed by atoms with van der Waals surface area (Å²) in [5.41, 5.74) is 2.26. The Morgan fingerprint density at radius 1 is 1.07 bits per heavy atom. The zero-order chi connectivity index (χ0) is 20.9. The van der Waals surface area contributed by atoms with Crippen LogP contribution in [0.15, 0.2) is 59.4 Å². The van der Waals surface area contributed by atoms with Gasteiger partial charge in [-0.15, -0.1) is 0 Å². The van der Waals surface area contributed by atoms with Gasteiger partial charge in [0.25, 0.3) is 5.56 Å². The molecule has 0 radical (unpaired) electrons. The van der Waals surface area contributed by atoms with E-state index >= 15 is 0 Å². The second kappa shape index (κ2) is 9.00. The normalized spacial score (nSPS) is 12.0. The predicted molar refractivity (Wildman–Crippen MR) is 113 cm³/mol. The molecule has 2 heterocycles. The number of carbonyl (C=O) groups excluding carboxylic acids is 1. The maximum atomic E-state index is 12.1. The molecule has 8 heteroatoms. The quantitative estimate of drug-likeness (QED) is 0.629. The van der Waals surface area contributed by atoms with Crippen molar-refractivity contribution in [1.82, 2.24) is 15.1 Å². The Hall–Kier alpha value is -3.32. The van der Waals surface area contributed by atoms with Gasteiger partial charge in [-0.1, -0.05) is 23.7 Å². The molecule has 2 aromatic carbocycles. The molecular weight excluding hydrogens is 406 g/mol. The van der Waals surface area contributed by atoms with Crippen LogP contribution in [-0.2, 0) is 17.8 Å². The molecule has 154 valence electrons. The Morgan fingerprint density at radius 2 is 1.87 bits per heavy atom. The van der Waals surface area contributed by atoms with E-state index in [-0.39, 0.29) is 31.2 Å². The molecule has 0 atom stereocenters. The third kappa shape index (κ3) is 4.80. The van der Waals surface area contributed by atoms with E-state index in [0.29, 0.717) is 35.2 Å². The Balaban J connectivity index is 1.34. The highest BCUT2D eigenvalue weighted by molar-refractivity contribution is 6.30. The van der Waals surface area contributed by atoms with Crippen molar-refractivity contribution in [3.05, 3.63) is 75.5 Å². The van der Waals surface area contributed by atoms with Crippen LogP contribution in [0.2, 0.25) is 5.02 Å². The van der Waals surface area contributed by atoms with E-state index in [2.05, 4.69) is 10.4 Å². The number of halogens is 1. The van der Waals surface area contributed by atoms with Gasteiger partial charge in [0.05, 0.1) is 12.2 Å². The smallest absolute Gasteiger partial charge is 0.266 e. The first-order valence-electron chi connectivity index (χ1n) is 9.58. The number of hydrogen-bond acceptors (Lipinski definition) is 5. The van der Waals surface area contributed by atoms with Crippen LogP contribution in [0.3, 0.4) is 0 Å². The van der Waals surface area contributed by atoms with Crippen molar-refractivity contribution in [2.75, 3.05) is 13.3 Å². The van der Waals surface area contributed by atoms with Gasteiger partial charge in [0, 0.05) is 29.6 Å². The maximum Gasteiger partial charge on any atom is 0.266 e. The number of ether oxygens (including phenoxy) is 2. The first kappa shape index (κ1) is 20.0. The fourth-order valence-electron chi connectivity index (χ4n) is 3.11. The number of benzene rings is 2. The number of fused-ring (bicyclic) bond motifs is 1. The highest BCUT2D eigenvalue weighted by Gasteiger charge is 2.15. The number of nitrogens with zero attached hydrogens (tertiary/aromatic N) is 2. The summed E-state index contributed by atoms with van der Waals surface area (Å²) in [7, 11) is 0. The van der Waals surface area contributed by atoms with E-state index in [1.807, 2.05) is 42.5 Å². The summed E-state index contributed by atoms with van der Waals surface area (Å²) in [4.78, 5) is 24.3. The van der Waals surface area contributed by atoms with Crippen LogP contribution < -0.4 is 20.3 Å². The number of nitrogens with one attached hydrogen (secondary N) is 1. The first-order chi connectivity index (χ1) is 14.6. The predicted octanol–water partition coefficient (Wildman–Crippen LogP) is 3.04. The number of amides is 1. The third-order valence-electron chi connectivity index (χ3n) is 4.73. The lowest BCUT2D eigenvalue weighted by Crippen LogP contribution is -2.29. The minimum atomic E-state index is -0.256. The van der Waals surface area contributed by atoms with Crippen LogP contribution >= 0.6 is 11.6 Å². The minimum Gasteiger partial charge on any atom is -0.454 e. The van der Waals surface area contributed by atoms with Crippen molar-refractivity contribution in [2.24, 2.45) is 0 Å². The van der Waals surface area contributed by atoms with Gasteiger partial charge in [-0.25, -0.2) is 4.68 Å². The van der Waals surface area contributed by atoms with Gasteiger partial charge < -0.3 is 14.8 Å². The number of aryl methyl sites for hydroxylation is 1. The van der Waals surface area contributed by atoms with Crippen molar-refractivity contribution in [3.63, 3.8) is 0 Å². The van der Waals surface area contributed by atoms with Gasteiger partial charge in [0.1, 0.15) is 0 Å². The van der Waals surface area contributed by atoms with Crippen molar-refractivity contribution < 1.29 is 14.3 Å². The molecule has 1 aliphatic heterocycles. The number of rotatable bonds is 7. The minimum absolute atomic E-state index is 0.133. The third-order valence-corrected chi connectivity index (χ3v) is 4.99. The molecule has 1 aliphatic rings. The van der Waals surface area contributed by atoms with Gasteiger partial charge in [0.2, 0.25) is 12.7 Å². The van der Waals surface area contributed by atoms with E-state index in [9.17, 15) is 9.59 Å². The Morgan fingerprint density at radius 3 is 2.70 bits per heavy atom. The summed E-state index contributed by atoms with van der Waals surface area (Å²) < 4.78 is 12.0. The van der Waals surface area contributed by atoms with Gasteiger partial charge in [-0.05, 0) is 48.4 Å². The van der Waals surface area contributed by atoms with Crippen LogP contribution in [0.1, 0.15) is 12.0 Å². The van der Waals surface area contributed by atoms with E-state index in [1.165, 1.54) is 10.7 Å². The van der Waals surface area contributed by atoms with Crippen molar-refractivity contribution in [3.8, 4) is 22.8 Å². The molecule has 3 aromatic rings. The average molecular weight is 426 g/mol. The number of hydrogen-bond donors (Lipinski definition) is 1. The zero-order valence-electron chi connectivity index (χ0n) is 16.1. The van der Waals surface area contributed by atoms with Crippen LogP contribution in [0, 0.1) is 0 Å². The summed E-state index contributed by atoms with van der Waals surface area (Å²) in [6, 6.07) is 16.1. The Kier molecular flexibility index (Phi) is 5.99. The molecule has 1 aromatic heterocycles. The van der Waals surface area contributed by atoms with Crippen LogP contribution in [0.4, 0.5) is 0 Å². The average Bonchev–Trinajstić information content (AvgIpc) is 3.22. The monoisotopic (exact) mass is 425 g/mol. The topological polar surface area (TPSA) is 82.5 Å². The summed E-state index contributed by atoms with van der Waals surface area (Å²) in [5.74, 6) is 1.20. The van der Waals surface area contributed by atoms with Crippen LogP contribution in [0.25, 0.3) is 11.3 Å². The van der Waals surface area contributed by atoms with E-state index < -0.39 is 0 Å². The fraction of sp³-hybridized carbons (Fsp3) is 0.227. The van der Waals surface area contributed by atoms with E-state index in [1.54, 1.807) is 6.07 Å². The molecule has 1 N–H and O–H groups in total. The Labute approximate surface area is 178 Å². The van der Waals surface area contributed by atoms with Crippen molar-refractivity contribution >= 4 is 17.5 Å². The number of carbonyl (C=O) groups is 1. The largest absolute Gasteiger partial charge is 0.454 e. The molecule has 0 fully saturated rings. The molecule has 0 saturated carbocycles. The number of aromatic nitrogens is 2. The van der Waals surface area contributed by atoms with Gasteiger partial charge in [-0.3, -0.25) is 9.59 Å². The van der Waals surface area contributed by atoms with E-state index in [4.69, 9.17) is 21.1 Å². The molecule has 0 aliphatic carbocycles. The lowest BCUT2D eigenvalue weighted by atomic mass is 10.1. The highest BCUT2D eigenvalue weighted by Crippen LogP contribution is 2.35. The van der Waals surface area contributed by atoms with Crippen LogP contribution in [0.5, 0.6) is 11.5 Å². The zero-order valence-corrected chi connectivity index (χ0v) is 16.9. The van der Waals surface area contributed by atoms with Crippen LogP contribution in [-0.4, -0.2) is 29.0 Å². The molecule has 0 saturated heterocycles. The maximum absolute atomic E-state index is 12.1. The molecule has 4 rings (SSSR count). The van der Waals surface area contributed by atoms with Gasteiger partial charge in [0.15, 0.2) is 11.5 Å². The summed E-state index contributed by atoms with van der Waals surface area (Å²) >= 11 is 5.87. The van der Waals surface area contributed by atoms with Crippen molar-refractivity contribution in [1.29, 1.82) is 0 Å². The van der Waals surface area contributed by atoms with Gasteiger partial charge >= 0.3 is 0 Å². The lowest BCUT2D eigenvalue weighted by molar-refractivity contribution is -0.121. The second-order valence-electron chi connectivity index (χ2n) is 6.82. The summed E-state index contributed by atoms with van der Waals surface area (Å²) in [5, 5.41) is 7.94. The standard InChI is InChI=1S/C22H20ClN3O4/c23-17-4-1-15(2-5-17)9-11-24-21(27)10-12-26-22(28)8-6-18(25-26)16-3-7-19-20(13-16)30-14-29-19/h1-8,13H,9-12,14H2,(H,24,27). The lowest BCUT2D eigenvalue weighted by Gasteiger charge is -2.09. The molecule has 7 nitrogen and oxygen atoms in total. The van der Waals surface area contributed by atoms with Gasteiger partial charge in [-0.2, -0.15) is 5.10 Å². The molecule has 1 amide bonds. The first-order valence-corrected chi connectivity index (χ1v) is 9.95. The summed E-state index contributed by atoms with van der Waals surface area (Å²) in [6.45, 7) is 0.906. The second-order valence-corrected chi connectivity index (χ2v) is 7.26. The molecule has 30 heavy (non-hydrogen) atoms. The molecule has 0 bridgehead atoms. The summed E-state index contributed by atoms with van der Waals surface area (Å²) in [6.07, 6.45) is 0.874. The van der Waals surface area contributed by atoms with E-state index in [0.717, 1.165) is 11.1 Å². The van der Waals surface area contributed by atoms with Crippen molar-refractivity contribution in [2.45, 2.75) is 19.4 Å². The highest BCUT2D eigenvalue weighted by atomic mass is 35.5. The molecular formula is C22H20ClN3O4. The fourth-order valence-corrected chi connectivity index (χ4v) is 3.24. The Bertz CT molecular complexity index is 1110. The SMILES string of the molecule is O=C(CCn1nc(-c2ccc3c(c2)OCO3)ccc1=O)NCCc1ccc(Cl)cc1.